The molecule has 0 heterocycles. The molecule has 4 heteroatoms. The van der Waals surface area contributed by atoms with Crippen LogP contribution in [0.3, 0.4) is 0 Å². The van der Waals surface area contributed by atoms with Crippen molar-refractivity contribution in [2.75, 3.05) is 11.4 Å². The van der Waals surface area contributed by atoms with Crippen LogP contribution in [0.1, 0.15) is 12.5 Å². The van der Waals surface area contributed by atoms with E-state index in [0.29, 0.717) is 17.8 Å². The molecule has 98 valence electrons. The van der Waals surface area contributed by atoms with Crippen LogP contribution in [0.25, 0.3) is 0 Å². The number of hydrogen-bond donors (Lipinski definition) is 2. The lowest BCUT2D eigenvalue weighted by Crippen LogP contribution is -2.18. The Hall–Kier alpha value is -2.36. The molecule has 3 nitrogen and oxygen atoms in total. The molecule has 2 aromatic carbocycles. The number of nitrogens with two attached hydrogens (primary N) is 1. The van der Waals surface area contributed by atoms with Crippen LogP contribution in [-0.4, -0.2) is 12.4 Å². The third-order valence-corrected chi connectivity index (χ3v) is 2.95. The van der Waals surface area contributed by atoms with Crippen LogP contribution in [0.2, 0.25) is 0 Å². The van der Waals surface area contributed by atoms with Crippen molar-refractivity contribution in [1.29, 1.82) is 5.41 Å². The van der Waals surface area contributed by atoms with Gasteiger partial charge in [-0.3, -0.25) is 5.41 Å². The molecule has 0 unspecified atom stereocenters. The van der Waals surface area contributed by atoms with Gasteiger partial charge >= 0.3 is 0 Å². The van der Waals surface area contributed by atoms with E-state index in [1.165, 1.54) is 6.07 Å². The van der Waals surface area contributed by atoms with Gasteiger partial charge in [0.05, 0.1) is 5.69 Å². The summed E-state index contributed by atoms with van der Waals surface area (Å²) in [6, 6.07) is 13.9. The van der Waals surface area contributed by atoms with Crippen LogP contribution >= 0.6 is 0 Å². The molecule has 0 amide bonds. The number of nitrogens with zero attached hydrogens (tertiary/aromatic N) is 1. The minimum Gasteiger partial charge on any atom is -0.384 e. The minimum atomic E-state index is -0.250. The number of para-hydroxylation sites is 1. The molecule has 0 bridgehead atoms. The van der Waals surface area contributed by atoms with E-state index in [2.05, 4.69) is 0 Å². The first-order valence-electron chi connectivity index (χ1n) is 6.10. The first-order chi connectivity index (χ1) is 9.13. The second-order valence-electron chi connectivity index (χ2n) is 4.16. The maximum Gasteiger partial charge on any atom is 0.146 e. The molecule has 0 aliphatic heterocycles. The smallest absolute Gasteiger partial charge is 0.146 e. The summed E-state index contributed by atoms with van der Waals surface area (Å²) in [4.78, 5) is 1.87. The van der Waals surface area contributed by atoms with Crippen molar-refractivity contribution in [3.8, 4) is 0 Å². The number of nitrogens with one attached hydrogen (secondary N) is 1. The van der Waals surface area contributed by atoms with Crippen molar-refractivity contribution in [3.63, 3.8) is 0 Å². The van der Waals surface area contributed by atoms with Crippen molar-refractivity contribution >= 4 is 17.2 Å². The number of nitrogen functional groups attached to an aromatic ring is 1. The average molecular weight is 257 g/mol. The van der Waals surface area contributed by atoms with Crippen molar-refractivity contribution < 1.29 is 4.39 Å². The summed E-state index contributed by atoms with van der Waals surface area (Å²) in [5.41, 5.74) is 7.49. The van der Waals surface area contributed by atoms with Gasteiger partial charge in [-0.25, -0.2) is 4.39 Å². The maximum atomic E-state index is 13.8. The zero-order chi connectivity index (χ0) is 13.8. The summed E-state index contributed by atoms with van der Waals surface area (Å²) in [6.45, 7) is 2.62. The van der Waals surface area contributed by atoms with E-state index < -0.39 is 0 Å². The molecule has 2 aromatic rings. The summed E-state index contributed by atoms with van der Waals surface area (Å²) < 4.78 is 13.8. The van der Waals surface area contributed by atoms with E-state index >= 15 is 0 Å². The highest BCUT2D eigenvalue weighted by atomic mass is 19.1. The largest absolute Gasteiger partial charge is 0.384 e. The van der Waals surface area contributed by atoms with Crippen LogP contribution in [0.15, 0.2) is 48.5 Å². The van der Waals surface area contributed by atoms with Gasteiger partial charge in [0.2, 0.25) is 0 Å². The lowest BCUT2D eigenvalue weighted by Gasteiger charge is -2.23. The molecule has 0 aliphatic carbocycles. The van der Waals surface area contributed by atoms with Crippen LogP contribution in [0.4, 0.5) is 15.8 Å². The molecule has 2 rings (SSSR count). The predicted molar refractivity (Wildman–Crippen MR) is 76.5 cm³/mol. The number of hydrogen-bond acceptors (Lipinski definition) is 2. The Kier molecular flexibility index (Phi) is 3.80. The van der Waals surface area contributed by atoms with E-state index in [4.69, 9.17) is 11.1 Å². The lowest BCUT2D eigenvalue weighted by molar-refractivity contribution is 0.625. The van der Waals surface area contributed by atoms with Crippen molar-refractivity contribution in [1.82, 2.24) is 0 Å². The molecule has 0 saturated heterocycles. The Morgan fingerprint density at radius 1 is 1.16 bits per heavy atom. The van der Waals surface area contributed by atoms with E-state index in [-0.39, 0.29) is 11.7 Å². The van der Waals surface area contributed by atoms with Gasteiger partial charge in [0.1, 0.15) is 11.7 Å². The second kappa shape index (κ2) is 5.52. The first-order valence-corrected chi connectivity index (χ1v) is 6.10. The standard InChI is InChI=1S/C15H16FN3/c1-2-19(14-6-4-3-5-13(14)16)12-9-7-11(8-10-12)15(17)18/h3-10H,2H2,1H3,(H3,17,18). The maximum absolute atomic E-state index is 13.8. The highest BCUT2D eigenvalue weighted by Gasteiger charge is 2.11. The molecule has 3 N–H and O–H groups in total. The van der Waals surface area contributed by atoms with Crippen molar-refractivity contribution in [2.45, 2.75) is 6.92 Å². The number of anilines is 2. The van der Waals surface area contributed by atoms with Gasteiger partial charge in [-0.2, -0.15) is 0 Å². The Morgan fingerprint density at radius 2 is 1.79 bits per heavy atom. The fraction of sp³-hybridized carbons (Fsp3) is 0.133. The third-order valence-electron chi connectivity index (χ3n) is 2.95. The zero-order valence-electron chi connectivity index (χ0n) is 10.7. The minimum absolute atomic E-state index is 0.0282. The second-order valence-corrected chi connectivity index (χ2v) is 4.16. The van der Waals surface area contributed by atoms with Gasteiger partial charge in [-0.1, -0.05) is 12.1 Å². The monoisotopic (exact) mass is 257 g/mol. The van der Waals surface area contributed by atoms with Crippen LogP contribution in [0, 0.1) is 11.2 Å². The van der Waals surface area contributed by atoms with Crippen LogP contribution in [-0.2, 0) is 0 Å². The van der Waals surface area contributed by atoms with E-state index in [9.17, 15) is 4.39 Å². The fourth-order valence-electron chi connectivity index (χ4n) is 1.98. The van der Waals surface area contributed by atoms with E-state index in [0.717, 1.165) is 5.69 Å². The molecular formula is C15H16FN3. The SMILES string of the molecule is CCN(c1ccc(C(=N)N)cc1)c1ccccc1F. The van der Waals surface area contributed by atoms with Gasteiger partial charge < -0.3 is 10.6 Å². The Labute approximate surface area is 112 Å². The molecule has 0 atom stereocenters. The molecule has 19 heavy (non-hydrogen) atoms. The van der Waals surface area contributed by atoms with Gasteiger partial charge in [0.15, 0.2) is 0 Å². The molecule has 0 spiro atoms. The molecular weight excluding hydrogens is 241 g/mol. The van der Waals surface area contributed by atoms with Crippen LogP contribution in [0.5, 0.6) is 0 Å². The number of rotatable bonds is 4. The zero-order valence-corrected chi connectivity index (χ0v) is 10.7. The Bertz CT molecular complexity index is 578. The molecule has 0 radical (unpaired) electrons. The van der Waals surface area contributed by atoms with Gasteiger partial charge in [0, 0.05) is 17.8 Å². The molecule has 0 aliphatic rings. The van der Waals surface area contributed by atoms with Gasteiger partial charge in [-0.15, -0.1) is 0 Å². The lowest BCUT2D eigenvalue weighted by atomic mass is 10.1. The average Bonchev–Trinajstić information content (AvgIpc) is 2.42. The van der Waals surface area contributed by atoms with Crippen molar-refractivity contribution in [3.05, 3.63) is 59.9 Å². The van der Waals surface area contributed by atoms with Crippen LogP contribution < -0.4 is 10.6 Å². The Morgan fingerprint density at radius 3 is 2.32 bits per heavy atom. The van der Waals surface area contributed by atoms with Gasteiger partial charge in [-0.05, 0) is 43.3 Å². The molecule has 0 aromatic heterocycles. The number of benzene rings is 2. The topological polar surface area (TPSA) is 53.1 Å². The Balaban J connectivity index is 2.37. The molecule has 0 saturated carbocycles. The fourth-order valence-corrected chi connectivity index (χ4v) is 1.98. The normalized spacial score (nSPS) is 10.2. The summed E-state index contributed by atoms with van der Waals surface area (Å²) in [5.74, 6) is -0.222. The first kappa shape index (κ1) is 13.1. The summed E-state index contributed by atoms with van der Waals surface area (Å²) in [7, 11) is 0. The predicted octanol–water partition coefficient (Wildman–Crippen LogP) is 3.27. The third kappa shape index (κ3) is 2.73. The summed E-state index contributed by atoms with van der Waals surface area (Å²) in [6.07, 6.45) is 0. The highest BCUT2D eigenvalue weighted by molar-refractivity contribution is 5.95. The summed E-state index contributed by atoms with van der Waals surface area (Å²) in [5, 5.41) is 7.36. The van der Waals surface area contributed by atoms with Crippen molar-refractivity contribution in [2.24, 2.45) is 5.73 Å². The number of halogens is 1. The summed E-state index contributed by atoms with van der Waals surface area (Å²) >= 11 is 0. The van der Waals surface area contributed by atoms with E-state index in [1.54, 1.807) is 24.3 Å². The highest BCUT2D eigenvalue weighted by Crippen LogP contribution is 2.27. The quantitative estimate of drug-likeness (QED) is 0.652. The molecule has 0 fully saturated rings. The van der Waals surface area contributed by atoms with E-state index in [1.807, 2.05) is 30.0 Å². The number of amidine groups is 1. The van der Waals surface area contributed by atoms with Gasteiger partial charge in [0.25, 0.3) is 0 Å².